The van der Waals surface area contributed by atoms with E-state index in [1.165, 1.54) is 14.0 Å². The van der Waals surface area contributed by atoms with Crippen LogP contribution in [0.4, 0.5) is 0 Å². The summed E-state index contributed by atoms with van der Waals surface area (Å²) in [7, 11) is 1.38. The smallest absolute Gasteiger partial charge is 0.184 e. The molecule has 0 aromatic heterocycles. The van der Waals surface area contributed by atoms with Crippen LogP contribution in [0.1, 0.15) is 13.8 Å². The topological polar surface area (TPSA) is 76.0 Å². The van der Waals surface area contributed by atoms with Crippen molar-refractivity contribution in [3.8, 4) is 0 Å². The molecule has 0 radical (unpaired) electrons. The molecule has 0 spiro atoms. The normalized spacial score (nSPS) is 43.6. The summed E-state index contributed by atoms with van der Waals surface area (Å²) in [6.45, 7) is 2.99. The summed E-state index contributed by atoms with van der Waals surface area (Å²) < 4.78 is 9.99. The molecule has 0 saturated carbocycles. The van der Waals surface area contributed by atoms with E-state index in [0.29, 0.717) is 0 Å². The minimum atomic E-state index is -0.978. The lowest BCUT2D eigenvalue weighted by Crippen LogP contribution is -2.55. The van der Waals surface area contributed by atoms with Crippen LogP contribution in [0.3, 0.4) is 0 Å². The van der Waals surface area contributed by atoms with Gasteiger partial charge in [-0.05, 0) is 6.92 Å². The van der Waals surface area contributed by atoms with Crippen LogP contribution in [0.2, 0.25) is 0 Å². The third kappa shape index (κ3) is 1.95. The average Bonchev–Trinajstić information content (AvgIpc) is 2.14. The number of carbonyl (C=O) groups excluding carboxylic acids is 1. The molecule has 0 aromatic carbocycles. The highest BCUT2D eigenvalue weighted by atomic mass is 16.7. The zero-order valence-electron chi connectivity index (χ0n) is 8.51. The lowest BCUT2D eigenvalue weighted by molar-refractivity contribution is -0.268. The van der Waals surface area contributed by atoms with E-state index in [0.717, 1.165) is 0 Å². The number of ether oxygens (including phenoxy) is 2. The van der Waals surface area contributed by atoms with Gasteiger partial charge in [0.25, 0.3) is 0 Å². The highest BCUT2D eigenvalue weighted by Crippen LogP contribution is 2.26. The predicted molar refractivity (Wildman–Crippen MR) is 47.5 cm³/mol. The second kappa shape index (κ2) is 4.35. The van der Waals surface area contributed by atoms with Crippen LogP contribution in [0.25, 0.3) is 0 Å². The SMILES string of the molecule is COC1OC(C(C)=O)C(O)[C@H](C)C1O. The fourth-order valence-corrected chi connectivity index (χ4v) is 1.56. The van der Waals surface area contributed by atoms with Crippen molar-refractivity contribution in [3.05, 3.63) is 0 Å². The van der Waals surface area contributed by atoms with Crippen molar-refractivity contribution in [1.82, 2.24) is 0 Å². The van der Waals surface area contributed by atoms with Gasteiger partial charge in [0.15, 0.2) is 12.1 Å². The third-order valence-corrected chi connectivity index (χ3v) is 2.58. The van der Waals surface area contributed by atoms with Gasteiger partial charge in [-0.15, -0.1) is 0 Å². The van der Waals surface area contributed by atoms with E-state index >= 15 is 0 Å². The maximum atomic E-state index is 11.1. The molecule has 0 amide bonds. The van der Waals surface area contributed by atoms with E-state index in [9.17, 15) is 15.0 Å². The van der Waals surface area contributed by atoms with E-state index < -0.39 is 30.5 Å². The Bertz CT molecular complexity index is 215. The molecule has 5 heteroatoms. The fraction of sp³-hybridized carbons (Fsp3) is 0.889. The van der Waals surface area contributed by atoms with E-state index in [4.69, 9.17) is 9.47 Å². The molecule has 1 aliphatic heterocycles. The van der Waals surface area contributed by atoms with Crippen molar-refractivity contribution in [2.24, 2.45) is 5.92 Å². The predicted octanol–water partition coefficient (Wildman–Crippen LogP) is -0.695. The van der Waals surface area contributed by atoms with E-state index in [2.05, 4.69) is 0 Å². The Kier molecular flexibility index (Phi) is 3.60. The Labute approximate surface area is 82.6 Å². The standard InChI is InChI=1S/C9H16O5/c1-4-6(11)8(5(2)10)14-9(13-3)7(4)12/h4,6-9,11-12H,1-3H3/t4-,6?,7?,8?,9?/m0/s1. The quantitative estimate of drug-likeness (QED) is 0.622. The average molecular weight is 204 g/mol. The number of aliphatic hydroxyl groups excluding tert-OH is 2. The monoisotopic (exact) mass is 204 g/mol. The largest absolute Gasteiger partial charge is 0.390 e. The summed E-state index contributed by atoms with van der Waals surface area (Å²) in [5.41, 5.74) is 0. The number of methoxy groups -OCH3 is 1. The van der Waals surface area contributed by atoms with Crippen LogP contribution in [0.15, 0.2) is 0 Å². The molecule has 4 unspecified atom stereocenters. The maximum Gasteiger partial charge on any atom is 0.184 e. The van der Waals surface area contributed by atoms with Gasteiger partial charge in [-0.3, -0.25) is 4.79 Å². The first kappa shape index (κ1) is 11.6. The molecule has 82 valence electrons. The number of aliphatic hydroxyl groups is 2. The van der Waals surface area contributed by atoms with Crippen LogP contribution in [-0.4, -0.2) is 47.7 Å². The highest BCUT2D eigenvalue weighted by molar-refractivity contribution is 5.81. The maximum absolute atomic E-state index is 11.1. The summed E-state index contributed by atoms with van der Waals surface area (Å²) in [4.78, 5) is 11.1. The highest BCUT2D eigenvalue weighted by Gasteiger charge is 2.43. The van der Waals surface area contributed by atoms with Crippen molar-refractivity contribution in [2.45, 2.75) is 38.4 Å². The molecular weight excluding hydrogens is 188 g/mol. The Hall–Kier alpha value is -0.490. The Balaban J connectivity index is 2.78. The molecule has 2 N–H and O–H groups in total. The summed E-state index contributed by atoms with van der Waals surface area (Å²) in [5.74, 6) is -0.708. The number of Topliss-reactive ketones (excluding diaryl/α,β-unsaturated/α-hetero) is 1. The molecule has 14 heavy (non-hydrogen) atoms. The Morgan fingerprint density at radius 2 is 1.93 bits per heavy atom. The zero-order valence-corrected chi connectivity index (χ0v) is 8.51. The van der Waals surface area contributed by atoms with Gasteiger partial charge >= 0.3 is 0 Å². The number of carbonyl (C=O) groups is 1. The summed E-state index contributed by atoms with van der Waals surface area (Å²) in [5, 5.41) is 19.2. The van der Waals surface area contributed by atoms with Crippen molar-refractivity contribution >= 4 is 5.78 Å². The van der Waals surface area contributed by atoms with Crippen LogP contribution in [-0.2, 0) is 14.3 Å². The molecular formula is C9H16O5. The van der Waals surface area contributed by atoms with Crippen molar-refractivity contribution in [2.75, 3.05) is 7.11 Å². The summed E-state index contributed by atoms with van der Waals surface area (Å²) >= 11 is 0. The molecule has 1 fully saturated rings. The first-order chi connectivity index (χ1) is 6.49. The number of hydrogen-bond acceptors (Lipinski definition) is 5. The Morgan fingerprint density at radius 3 is 2.36 bits per heavy atom. The minimum Gasteiger partial charge on any atom is -0.390 e. The molecule has 0 aromatic rings. The van der Waals surface area contributed by atoms with Gasteiger partial charge in [-0.1, -0.05) is 6.92 Å². The van der Waals surface area contributed by atoms with Gasteiger partial charge in [0.2, 0.25) is 0 Å². The molecule has 0 aliphatic carbocycles. The summed E-state index contributed by atoms with van der Waals surface area (Å²) in [6, 6.07) is 0. The fourth-order valence-electron chi connectivity index (χ4n) is 1.56. The zero-order chi connectivity index (χ0) is 10.9. The molecule has 5 nitrogen and oxygen atoms in total. The van der Waals surface area contributed by atoms with Crippen LogP contribution < -0.4 is 0 Å². The van der Waals surface area contributed by atoms with Gasteiger partial charge in [0.1, 0.15) is 12.2 Å². The van der Waals surface area contributed by atoms with Gasteiger partial charge < -0.3 is 19.7 Å². The van der Waals surface area contributed by atoms with Gasteiger partial charge in [-0.2, -0.15) is 0 Å². The number of hydrogen-bond donors (Lipinski definition) is 2. The second-order valence-corrected chi connectivity index (χ2v) is 3.61. The lowest BCUT2D eigenvalue weighted by Gasteiger charge is -2.39. The van der Waals surface area contributed by atoms with Crippen LogP contribution >= 0.6 is 0 Å². The van der Waals surface area contributed by atoms with E-state index in [1.54, 1.807) is 6.92 Å². The first-order valence-corrected chi connectivity index (χ1v) is 4.54. The number of ketones is 1. The molecule has 1 aliphatic rings. The molecule has 5 atom stereocenters. The van der Waals surface area contributed by atoms with Crippen molar-refractivity contribution in [3.63, 3.8) is 0 Å². The molecule has 1 rings (SSSR count). The minimum absolute atomic E-state index is 0.265. The van der Waals surface area contributed by atoms with Gasteiger partial charge in [-0.25, -0.2) is 0 Å². The van der Waals surface area contributed by atoms with E-state index in [-0.39, 0.29) is 5.78 Å². The lowest BCUT2D eigenvalue weighted by atomic mass is 9.89. The molecule has 1 saturated heterocycles. The van der Waals surface area contributed by atoms with Crippen LogP contribution in [0, 0.1) is 5.92 Å². The number of rotatable bonds is 2. The van der Waals surface area contributed by atoms with Crippen molar-refractivity contribution in [1.29, 1.82) is 0 Å². The van der Waals surface area contributed by atoms with Crippen LogP contribution in [0.5, 0.6) is 0 Å². The first-order valence-electron chi connectivity index (χ1n) is 4.54. The third-order valence-electron chi connectivity index (χ3n) is 2.58. The molecule has 0 bridgehead atoms. The Morgan fingerprint density at radius 1 is 1.36 bits per heavy atom. The van der Waals surface area contributed by atoms with Crippen molar-refractivity contribution < 1.29 is 24.5 Å². The van der Waals surface area contributed by atoms with Gasteiger partial charge in [0.05, 0.1) is 6.10 Å². The molecule has 1 heterocycles. The van der Waals surface area contributed by atoms with Gasteiger partial charge in [0, 0.05) is 13.0 Å². The second-order valence-electron chi connectivity index (χ2n) is 3.61. The summed E-state index contributed by atoms with van der Waals surface area (Å²) in [6.07, 6.45) is -3.64. The van der Waals surface area contributed by atoms with E-state index in [1.807, 2.05) is 0 Å².